The summed E-state index contributed by atoms with van der Waals surface area (Å²) in [6, 6.07) is 6.29. The van der Waals surface area contributed by atoms with Crippen LogP contribution in [-0.4, -0.2) is 42.8 Å². The molecule has 0 atom stereocenters. The van der Waals surface area contributed by atoms with Gasteiger partial charge in [0, 0.05) is 5.92 Å². The standard InChI is InChI=1S/C16H18N4O3S/c21-14(11-4-2-1-3-5-11)10-24-16-17-18-19-20(16)13-8-6-12(7-9-13)15(22)23/h6-9,11H,1-5,10H2,(H,22,23). The van der Waals surface area contributed by atoms with Crippen LogP contribution in [-0.2, 0) is 4.79 Å². The lowest BCUT2D eigenvalue weighted by Gasteiger charge is -2.19. The topological polar surface area (TPSA) is 98.0 Å². The lowest BCUT2D eigenvalue weighted by molar-refractivity contribution is -0.121. The van der Waals surface area contributed by atoms with E-state index in [1.165, 1.54) is 35.0 Å². The molecule has 1 aromatic heterocycles. The lowest BCUT2D eigenvalue weighted by Crippen LogP contribution is -2.19. The zero-order valence-corrected chi connectivity index (χ0v) is 13.9. The molecule has 1 heterocycles. The van der Waals surface area contributed by atoms with Gasteiger partial charge in [-0.25, -0.2) is 4.79 Å². The van der Waals surface area contributed by atoms with Crippen molar-refractivity contribution >= 4 is 23.5 Å². The highest BCUT2D eigenvalue weighted by Crippen LogP contribution is 2.27. The Morgan fingerprint density at radius 2 is 1.88 bits per heavy atom. The van der Waals surface area contributed by atoms with Gasteiger partial charge < -0.3 is 5.11 Å². The summed E-state index contributed by atoms with van der Waals surface area (Å²) >= 11 is 1.32. The van der Waals surface area contributed by atoms with Gasteiger partial charge in [-0.3, -0.25) is 4.79 Å². The Kier molecular flexibility index (Phi) is 5.24. The molecule has 0 bridgehead atoms. The van der Waals surface area contributed by atoms with Crippen LogP contribution < -0.4 is 0 Å². The maximum atomic E-state index is 12.3. The zero-order valence-electron chi connectivity index (χ0n) is 13.1. The van der Waals surface area contributed by atoms with E-state index in [1.54, 1.807) is 12.1 Å². The molecule has 1 fully saturated rings. The number of nitrogens with zero attached hydrogens (tertiary/aromatic N) is 4. The van der Waals surface area contributed by atoms with Gasteiger partial charge in [-0.2, -0.15) is 4.68 Å². The summed E-state index contributed by atoms with van der Waals surface area (Å²) in [5.74, 6) is -0.190. The molecule has 0 saturated heterocycles. The molecule has 1 saturated carbocycles. The highest BCUT2D eigenvalue weighted by atomic mass is 32.2. The molecule has 0 spiro atoms. The molecule has 0 radical (unpaired) electrons. The van der Waals surface area contributed by atoms with Crippen molar-refractivity contribution in [3.63, 3.8) is 0 Å². The van der Waals surface area contributed by atoms with Crippen molar-refractivity contribution in [2.24, 2.45) is 5.92 Å². The fourth-order valence-corrected chi connectivity index (χ4v) is 3.72. The normalized spacial score (nSPS) is 15.3. The van der Waals surface area contributed by atoms with Crippen molar-refractivity contribution in [3.05, 3.63) is 29.8 Å². The minimum atomic E-state index is -0.981. The number of aromatic carboxylic acids is 1. The Balaban J connectivity index is 1.66. The van der Waals surface area contributed by atoms with Crippen LogP contribution in [0.1, 0.15) is 42.5 Å². The van der Waals surface area contributed by atoms with E-state index in [0.717, 1.165) is 25.7 Å². The van der Waals surface area contributed by atoms with E-state index < -0.39 is 5.97 Å². The molecular formula is C16H18N4O3S. The molecule has 0 amide bonds. The second kappa shape index (κ2) is 7.57. The lowest BCUT2D eigenvalue weighted by atomic mass is 9.87. The van der Waals surface area contributed by atoms with Gasteiger partial charge in [-0.05, 0) is 47.5 Å². The number of tetrazole rings is 1. The summed E-state index contributed by atoms with van der Waals surface area (Å²) in [4.78, 5) is 23.2. The third kappa shape index (κ3) is 3.81. The predicted octanol–water partition coefficient (Wildman–Crippen LogP) is 2.60. The van der Waals surface area contributed by atoms with Gasteiger partial charge >= 0.3 is 5.97 Å². The fourth-order valence-electron chi connectivity index (χ4n) is 2.85. The number of aromatic nitrogens is 4. The van der Waals surface area contributed by atoms with E-state index >= 15 is 0 Å². The summed E-state index contributed by atoms with van der Waals surface area (Å²) in [5, 5.41) is 21.0. The van der Waals surface area contributed by atoms with Gasteiger partial charge in [0.05, 0.1) is 17.0 Å². The van der Waals surface area contributed by atoms with Crippen molar-refractivity contribution in [2.75, 3.05) is 5.75 Å². The first-order valence-corrected chi connectivity index (χ1v) is 8.91. The third-order valence-electron chi connectivity index (χ3n) is 4.20. The molecule has 1 aliphatic rings. The van der Waals surface area contributed by atoms with Crippen LogP contribution in [0.5, 0.6) is 0 Å². The number of carboxylic acid groups (broad SMARTS) is 1. The van der Waals surface area contributed by atoms with Crippen molar-refractivity contribution in [3.8, 4) is 5.69 Å². The Morgan fingerprint density at radius 1 is 1.17 bits per heavy atom. The Labute approximate surface area is 143 Å². The average Bonchev–Trinajstić information content (AvgIpc) is 3.09. The Morgan fingerprint density at radius 3 is 2.54 bits per heavy atom. The number of thioether (sulfide) groups is 1. The maximum Gasteiger partial charge on any atom is 0.335 e. The number of benzene rings is 1. The molecular weight excluding hydrogens is 328 g/mol. The van der Waals surface area contributed by atoms with Crippen molar-refractivity contribution in [1.82, 2.24) is 20.2 Å². The third-order valence-corrected chi connectivity index (χ3v) is 5.15. The van der Waals surface area contributed by atoms with Crippen LogP contribution in [0, 0.1) is 5.92 Å². The Hall–Kier alpha value is -2.22. The van der Waals surface area contributed by atoms with Crippen LogP contribution in [0.4, 0.5) is 0 Å². The largest absolute Gasteiger partial charge is 0.478 e. The molecule has 7 nitrogen and oxygen atoms in total. The quantitative estimate of drug-likeness (QED) is 0.803. The fraction of sp³-hybridized carbons (Fsp3) is 0.438. The maximum absolute atomic E-state index is 12.3. The summed E-state index contributed by atoms with van der Waals surface area (Å²) in [6.07, 6.45) is 5.47. The number of hydrogen-bond acceptors (Lipinski definition) is 6. The molecule has 2 aromatic rings. The minimum absolute atomic E-state index is 0.172. The Bertz CT molecular complexity index is 723. The van der Waals surface area contributed by atoms with Crippen LogP contribution in [0.25, 0.3) is 5.69 Å². The number of ketones is 1. The number of Topliss-reactive ketones (excluding diaryl/α,β-unsaturated/α-hetero) is 1. The first-order valence-electron chi connectivity index (χ1n) is 7.93. The van der Waals surface area contributed by atoms with E-state index in [-0.39, 0.29) is 17.3 Å². The number of carbonyl (C=O) groups is 2. The van der Waals surface area contributed by atoms with Crippen molar-refractivity contribution in [1.29, 1.82) is 0 Å². The van der Waals surface area contributed by atoms with Gasteiger partial charge in [0.25, 0.3) is 0 Å². The zero-order chi connectivity index (χ0) is 16.9. The molecule has 3 rings (SSSR count). The number of carboxylic acids is 1. The van der Waals surface area contributed by atoms with Crippen molar-refractivity contribution < 1.29 is 14.7 Å². The minimum Gasteiger partial charge on any atom is -0.478 e. The van der Waals surface area contributed by atoms with Crippen LogP contribution in [0.15, 0.2) is 29.4 Å². The average molecular weight is 346 g/mol. The molecule has 24 heavy (non-hydrogen) atoms. The van der Waals surface area contributed by atoms with Crippen LogP contribution in [0.2, 0.25) is 0 Å². The number of carbonyl (C=O) groups excluding carboxylic acids is 1. The molecule has 0 unspecified atom stereocenters. The summed E-state index contributed by atoms with van der Waals surface area (Å²) in [6.45, 7) is 0. The van der Waals surface area contributed by atoms with E-state index in [4.69, 9.17) is 5.11 Å². The molecule has 1 aromatic carbocycles. The molecule has 8 heteroatoms. The second-order valence-electron chi connectivity index (χ2n) is 5.82. The highest BCUT2D eigenvalue weighted by molar-refractivity contribution is 7.99. The first kappa shape index (κ1) is 16.6. The monoisotopic (exact) mass is 346 g/mol. The van der Waals surface area contributed by atoms with Gasteiger partial charge in [0.1, 0.15) is 5.78 Å². The van der Waals surface area contributed by atoms with Gasteiger partial charge in [-0.1, -0.05) is 31.0 Å². The van der Waals surface area contributed by atoms with Crippen molar-refractivity contribution in [2.45, 2.75) is 37.3 Å². The first-order chi connectivity index (χ1) is 11.6. The number of hydrogen-bond donors (Lipinski definition) is 1. The smallest absolute Gasteiger partial charge is 0.335 e. The summed E-state index contributed by atoms with van der Waals surface area (Å²) in [7, 11) is 0. The van der Waals surface area contributed by atoms with Crippen LogP contribution >= 0.6 is 11.8 Å². The van der Waals surface area contributed by atoms with E-state index in [2.05, 4.69) is 15.5 Å². The molecule has 126 valence electrons. The SMILES string of the molecule is O=C(O)c1ccc(-n2nnnc2SCC(=O)C2CCCCC2)cc1. The van der Waals surface area contributed by atoms with Gasteiger partial charge in [-0.15, -0.1) is 5.10 Å². The number of rotatable bonds is 6. The molecule has 1 aliphatic carbocycles. The summed E-state index contributed by atoms with van der Waals surface area (Å²) in [5.41, 5.74) is 0.867. The predicted molar refractivity (Wildman–Crippen MR) is 88.4 cm³/mol. The highest BCUT2D eigenvalue weighted by Gasteiger charge is 2.22. The van der Waals surface area contributed by atoms with E-state index in [1.807, 2.05) is 0 Å². The van der Waals surface area contributed by atoms with E-state index in [9.17, 15) is 9.59 Å². The van der Waals surface area contributed by atoms with Crippen LogP contribution in [0.3, 0.4) is 0 Å². The van der Waals surface area contributed by atoms with Gasteiger partial charge in [0.2, 0.25) is 5.16 Å². The molecule has 0 aliphatic heterocycles. The summed E-state index contributed by atoms with van der Waals surface area (Å²) < 4.78 is 1.52. The molecule has 1 N–H and O–H groups in total. The van der Waals surface area contributed by atoms with Gasteiger partial charge in [0.15, 0.2) is 0 Å². The van der Waals surface area contributed by atoms with E-state index in [0.29, 0.717) is 16.6 Å². The second-order valence-corrected chi connectivity index (χ2v) is 6.76.